The highest BCUT2D eigenvalue weighted by Gasteiger charge is 2.38. The molecule has 0 aromatic heterocycles. The molecule has 0 amide bonds. The molecule has 0 spiro atoms. The lowest BCUT2D eigenvalue weighted by Crippen LogP contribution is -2.43. The van der Waals surface area contributed by atoms with Crippen LogP contribution in [0.3, 0.4) is 0 Å². The molecule has 1 aromatic rings. The van der Waals surface area contributed by atoms with Crippen LogP contribution in [0.25, 0.3) is 0 Å². The molecule has 2 heteroatoms. The number of hydrogen-bond donors (Lipinski definition) is 1. The summed E-state index contributed by atoms with van der Waals surface area (Å²) in [6.07, 6.45) is 4.14. The molecular weight excluding hydrogens is 232 g/mol. The first kappa shape index (κ1) is 11.8. The Morgan fingerprint density at radius 2 is 2.11 bits per heavy atom. The lowest BCUT2D eigenvalue weighted by atomic mass is 9.93. The van der Waals surface area contributed by atoms with E-state index in [1.807, 2.05) is 0 Å². The molecule has 1 saturated carbocycles. The fraction of sp³-hybridized carbons (Fsp3) is 0.647. The molecule has 2 atom stereocenters. The van der Waals surface area contributed by atoms with Gasteiger partial charge in [0, 0.05) is 30.9 Å². The number of piperazine rings is 1. The summed E-state index contributed by atoms with van der Waals surface area (Å²) in [4.78, 5) is 2.64. The van der Waals surface area contributed by atoms with Gasteiger partial charge in [-0.3, -0.25) is 0 Å². The number of anilines is 1. The maximum atomic E-state index is 3.59. The van der Waals surface area contributed by atoms with Crippen molar-refractivity contribution in [3.8, 4) is 0 Å². The minimum absolute atomic E-state index is 0.654. The predicted molar refractivity (Wildman–Crippen MR) is 80.0 cm³/mol. The quantitative estimate of drug-likeness (QED) is 0.893. The van der Waals surface area contributed by atoms with Crippen LogP contribution in [0.1, 0.15) is 56.1 Å². The third-order valence-corrected chi connectivity index (χ3v) is 5.10. The maximum Gasteiger partial charge on any atom is 0.0430 e. The number of nitrogens with one attached hydrogen (secondary N) is 1. The van der Waals surface area contributed by atoms with Gasteiger partial charge in [0.1, 0.15) is 0 Å². The largest absolute Gasteiger partial charge is 0.366 e. The third kappa shape index (κ3) is 1.97. The first-order valence-corrected chi connectivity index (χ1v) is 7.86. The Kier molecular flexibility index (Phi) is 2.63. The van der Waals surface area contributed by atoms with Gasteiger partial charge < -0.3 is 10.2 Å². The molecule has 2 bridgehead atoms. The Balaban J connectivity index is 1.68. The highest BCUT2D eigenvalue weighted by Crippen LogP contribution is 2.45. The van der Waals surface area contributed by atoms with Gasteiger partial charge in [0.15, 0.2) is 0 Å². The van der Waals surface area contributed by atoms with Crippen molar-refractivity contribution in [1.29, 1.82) is 0 Å². The summed E-state index contributed by atoms with van der Waals surface area (Å²) in [5, 5.41) is 3.59. The number of fused-ring (bicyclic) bond motifs is 2. The van der Waals surface area contributed by atoms with Crippen LogP contribution in [-0.2, 0) is 0 Å². The van der Waals surface area contributed by atoms with Gasteiger partial charge in [0.2, 0.25) is 0 Å². The van der Waals surface area contributed by atoms with Crippen molar-refractivity contribution in [2.24, 2.45) is 0 Å². The zero-order valence-electron chi connectivity index (χ0n) is 12.0. The van der Waals surface area contributed by atoms with E-state index in [4.69, 9.17) is 0 Å². The van der Waals surface area contributed by atoms with Crippen molar-refractivity contribution in [3.05, 3.63) is 29.3 Å². The van der Waals surface area contributed by atoms with Crippen LogP contribution in [0, 0.1) is 0 Å². The molecule has 3 aliphatic rings. The van der Waals surface area contributed by atoms with Gasteiger partial charge in [-0.15, -0.1) is 0 Å². The molecule has 102 valence electrons. The molecule has 1 N–H and O–H groups in total. The lowest BCUT2D eigenvalue weighted by molar-refractivity contribution is 0.580. The fourth-order valence-electron chi connectivity index (χ4n) is 3.89. The second kappa shape index (κ2) is 4.24. The monoisotopic (exact) mass is 256 g/mol. The van der Waals surface area contributed by atoms with Gasteiger partial charge in [-0.05, 0) is 54.4 Å². The van der Waals surface area contributed by atoms with E-state index in [2.05, 4.69) is 42.3 Å². The van der Waals surface area contributed by atoms with Gasteiger partial charge in [0.25, 0.3) is 0 Å². The summed E-state index contributed by atoms with van der Waals surface area (Å²) in [5.41, 5.74) is 4.69. The van der Waals surface area contributed by atoms with Gasteiger partial charge in [0.05, 0.1) is 0 Å². The molecule has 2 aliphatic heterocycles. The topological polar surface area (TPSA) is 15.3 Å². The molecule has 2 heterocycles. The normalized spacial score (nSPS) is 29.5. The third-order valence-electron chi connectivity index (χ3n) is 5.10. The minimum atomic E-state index is 0.654. The summed E-state index contributed by atoms with van der Waals surface area (Å²) in [5.74, 6) is 1.51. The second-order valence-electron chi connectivity index (χ2n) is 6.89. The van der Waals surface area contributed by atoms with Crippen molar-refractivity contribution >= 4 is 5.69 Å². The zero-order chi connectivity index (χ0) is 13.0. The van der Waals surface area contributed by atoms with Crippen molar-refractivity contribution in [2.75, 3.05) is 18.0 Å². The van der Waals surface area contributed by atoms with Gasteiger partial charge in [-0.1, -0.05) is 19.9 Å². The zero-order valence-corrected chi connectivity index (χ0v) is 12.0. The molecule has 19 heavy (non-hydrogen) atoms. The second-order valence-corrected chi connectivity index (χ2v) is 6.89. The summed E-state index contributed by atoms with van der Waals surface area (Å²) in [6.45, 7) is 7.02. The number of hydrogen-bond acceptors (Lipinski definition) is 2. The molecule has 2 nitrogen and oxygen atoms in total. The van der Waals surface area contributed by atoms with Crippen molar-refractivity contribution < 1.29 is 0 Å². The van der Waals surface area contributed by atoms with E-state index < -0.39 is 0 Å². The Morgan fingerprint density at radius 1 is 1.26 bits per heavy atom. The molecule has 2 saturated heterocycles. The summed E-state index contributed by atoms with van der Waals surface area (Å²) < 4.78 is 0. The smallest absolute Gasteiger partial charge is 0.0430 e. The fourth-order valence-corrected chi connectivity index (χ4v) is 3.89. The SMILES string of the molecule is CC(C)c1ccc(N2C[C@H]3C[C@@H]2CN3)cc1C1CC1. The first-order valence-electron chi connectivity index (χ1n) is 7.86. The van der Waals surface area contributed by atoms with Gasteiger partial charge in [-0.25, -0.2) is 0 Å². The minimum Gasteiger partial charge on any atom is -0.366 e. The average Bonchev–Trinajstić information content (AvgIpc) is 3.05. The molecular formula is C17H24N2. The van der Waals surface area contributed by atoms with Crippen LogP contribution in [0.5, 0.6) is 0 Å². The van der Waals surface area contributed by atoms with Crippen LogP contribution in [0.4, 0.5) is 5.69 Å². The Labute approximate surface area is 116 Å². The molecule has 0 unspecified atom stereocenters. The number of rotatable bonds is 3. The predicted octanol–water partition coefficient (Wildman–Crippen LogP) is 3.24. The van der Waals surface area contributed by atoms with E-state index in [0.717, 1.165) is 18.0 Å². The van der Waals surface area contributed by atoms with E-state index in [1.165, 1.54) is 38.0 Å². The first-order chi connectivity index (χ1) is 9.22. The number of nitrogens with zero attached hydrogens (tertiary/aromatic N) is 1. The Hall–Kier alpha value is -1.02. The Morgan fingerprint density at radius 3 is 2.68 bits per heavy atom. The van der Waals surface area contributed by atoms with E-state index >= 15 is 0 Å². The van der Waals surface area contributed by atoms with Crippen LogP contribution >= 0.6 is 0 Å². The molecule has 3 fully saturated rings. The summed E-state index contributed by atoms with van der Waals surface area (Å²) in [6, 6.07) is 8.74. The van der Waals surface area contributed by atoms with Crippen LogP contribution in [0.2, 0.25) is 0 Å². The van der Waals surface area contributed by atoms with Crippen molar-refractivity contribution in [2.45, 2.75) is 57.0 Å². The van der Waals surface area contributed by atoms with E-state index in [0.29, 0.717) is 5.92 Å². The molecule has 1 aliphatic carbocycles. The maximum absolute atomic E-state index is 3.59. The van der Waals surface area contributed by atoms with Crippen LogP contribution in [-0.4, -0.2) is 25.2 Å². The number of benzene rings is 1. The highest BCUT2D eigenvalue weighted by atomic mass is 15.3. The summed E-state index contributed by atoms with van der Waals surface area (Å²) >= 11 is 0. The van der Waals surface area contributed by atoms with Crippen molar-refractivity contribution in [3.63, 3.8) is 0 Å². The molecule has 1 aromatic carbocycles. The van der Waals surface area contributed by atoms with Gasteiger partial charge >= 0.3 is 0 Å². The van der Waals surface area contributed by atoms with E-state index in [9.17, 15) is 0 Å². The van der Waals surface area contributed by atoms with Crippen LogP contribution < -0.4 is 10.2 Å². The average molecular weight is 256 g/mol. The standard InChI is InChI=1S/C17H24N2/c1-11(2)16-6-5-14(8-17(16)12-3-4-12)19-10-13-7-15(19)9-18-13/h5-6,8,11-13,15,18H,3-4,7,9-10H2,1-2H3/t13-,15-/m1/s1. The van der Waals surface area contributed by atoms with Crippen molar-refractivity contribution in [1.82, 2.24) is 5.32 Å². The van der Waals surface area contributed by atoms with Crippen LogP contribution in [0.15, 0.2) is 18.2 Å². The van der Waals surface area contributed by atoms with E-state index in [1.54, 1.807) is 11.1 Å². The highest BCUT2D eigenvalue weighted by molar-refractivity contribution is 5.55. The van der Waals surface area contributed by atoms with E-state index in [-0.39, 0.29) is 0 Å². The summed E-state index contributed by atoms with van der Waals surface area (Å²) in [7, 11) is 0. The van der Waals surface area contributed by atoms with Gasteiger partial charge in [-0.2, -0.15) is 0 Å². The molecule has 4 rings (SSSR count). The molecule has 0 radical (unpaired) electrons. The lowest BCUT2D eigenvalue weighted by Gasteiger charge is -2.30. The Bertz CT molecular complexity index is 490.